The summed E-state index contributed by atoms with van der Waals surface area (Å²) < 4.78 is 0. The highest BCUT2D eigenvalue weighted by Gasteiger charge is 2.42. The molecule has 1 heteroatoms. The van der Waals surface area contributed by atoms with Crippen molar-refractivity contribution in [3.05, 3.63) is 0 Å². The van der Waals surface area contributed by atoms with Gasteiger partial charge in [0.15, 0.2) is 0 Å². The Balaban J connectivity index is 2.01. The van der Waals surface area contributed by atoms with E-state index in [2.05, 4.69) is 20.8 Å². The SMILES string of the molecule is CC1CCCC(C2(O)CCC(C)C(C)C2)C1. The molecule has 0 spiro atoms. The standard InChI is InChI=1S/C15H28O/c1-11-5-4-6-14(9-11)15(16)8-7-12(2)13(3)10-15/h11-14,16H,4-10H2,1-3H3. The van der Waals surface area contributed by atoms with Crippen LogP contribution in [0.15, 0.2) is 0 Å². The molecule has 0 bridgehead atoms. The lowest BCUT2D eigenvalue weighted by atomic mass is 9.63. The average Bonchev–Trinajstić information content (AvgIpc) is 2.24. The van der Waals surface area contributed by atoms with Gasteiger partial charge in [-0.15, -0.1) is 0 Å². The van der Waals surface area contributed by atoms with Gasteiger partial charge in [-0.05, 0) is 55.8 Å². The van der Waals surface area contributed by atoms with E-state index in [9.17, 15) is 5.11 Å². The molecule has 0 heterocycles. The predicted molar refractivity (Wildman–Crippen MR) is 68.3 cm³/mol. The molecule has 0 aromatic carbocycles. The van der Waals surface area contributed by atoms with E-state index in [1.807, 2.05) is 0 Å². The fourth-order valence-electron chi connectivity index (χ4n) is 3.92. The monoisotopic (exact) mass is 224 g/mol. The molecule has 5 atom stereocenters. The number of rotatable bonds is 1. The van der Waals surface area contributed by atoms with E-state index >= 15 is 0 Å². The maximum Gasteiger partial charge on any atom is 0.0678 e. The first-order valence-corrected chi connectivity index (χ1v) is 7.23. The highest BCUT2D eigenvalue weighted by Crippen LogP contribution is 2.46. The molecule has 5 unspecified atom stereocenters. The van der Waals surface area contributed by atoms with Crippen LogP contribution in [0.25, 0.3) is 0 Å². The summed E-state index contributed by atoms with van der Waals surface area (Å²) in [6, 6.07) is 0. The molecule has 0 aromatic rings. The Bertz CT molecular complexity index is 238. The molecule has 1 N–H and O–H groups in total. The van der Waals surface area contributed by atoms with E-state index in [0.717, 1.165) is 24.7 Å². The van der Waals surface area contributed by atoms with Crippen LogP contribution >= 0.6 is 0 Å². The maximum absolute atomic E-state index is 10.9. The smallest absolute Gasteiger partial charge is 0.0678 e. The second-order valence-electron chi connectivity index (χ2n) is 6.77. The minimum Gasteiger partial charge on any atom is -0.390 e. The predicted octanol–water partition coefficient (Wildman–Crippen LogP) is 4.00. The van der Waals surface area contributed by atoms with Gasteiger partial charge in [0, 0.05) is 0 Å². The zero-order chi connectivity index (χ0) is 11.8. The third-order valence-electron chi connectivity index (χ3n) is 5.38. The van der Waals surface area contributed by atoms with Crippen molar-refractivity contribution < 1.29 is 5.11 Å². The van der Waals surface area contributed by atoms with Crippen LogP contribution in [0, 0.1) is 23.7 Å². The van der Waals surface area contributed by atoms with E-state index in [0.29, 0.717) is 11.8 Å². The minimum absolute atomic E-state index is 0.319. The third kappa shape index (κ3) is 2.45. The van der Waals surface area contributed by atoms with E-state index in [-0.39, 0.29) is 5.60 Å². The molecule has 2 aliphatic rings. The summed E-state index contributed by atoms with van der Waals surface area (Å²) >= 11 is 0. The van der Waals surface area contributed by atoms with Gasteiger partial charge >= 0.3 is 0 Å². The molecule has 16 heavy (non-hydrogen) atoms. The van der Waals surface area contributed by atoms with Crippen LogP contribution < -0.4 is 0 Å². The first-order chi connectivity index (χ1) is 7.51. The Morgan fingerprint density at radius 3 is 2.38 bits per heavy atom. The van der Waals surface area contributed by atoms with Crippen molar-refractivity contribution in [2.45, 2.75) is 71.3 Å². The topological polar surface area (TPSA) is 20.2 Å². The van der Waals surface area contributed by atoms with E-state index in [1.54, 1.807) is 0 Å². The summed E-state index contributed by atoms with van der Waals surface area (Å²) in [6.07, 6.45) is 8.56. The van der Waals surface area contributed by atoms with Crippen LogP contribution in [0.5, 0.6) is 0 Å². The van der Waals surface area contributed by atoms with Crippen LogP contribution in [0.1, 0.15) is 65.7 Å². The van der Waals surface area contributed by atoms with Gasteiger partial charge in [0.1, 0.15) is 0 Å². The first-order valence-electron chi connectivity index (χ1n) is 7.23. The fraction of sp³-hybridized carbons (Fsp3) is 1.00. The van der Waals surface area contributed by atoms with Crippen molar-refractivity contribution in [3.63, 3.8) is 0 Å². The van der Waals surface area contributed by atoms with Gasteiger partial charge in [-0.1, -0.05) is 33.6 Å². The largest absolute Gasteiger partial charge is 0.390 e. The normalized spacial score (nSPS) is 50.2. The van der Waals surface area contributed by atoms with Gasteiger partial charge in [-0.3, -0.25) is 0 Å². The van der Waals surface area contributed by atoms with E-state index in [1.165, 1.54) is 32.1 Å². The molecular formula is C15H28O. The molecule has 0 saturated heterocycles. The van der Waals surface area contributed by atoms with E-state index < -0.39 is 0 Å². The van der Waals surface area contributed by atoms with Gasteiger partial charge in [-0.2, -0.15) is 0 Å². The summed E-state index contributed by atoms with van der Waals surface area (Å²) in [5, 5.41) is 10.9. The molecule has 0 aromatic heterocycles. The van der Waals surface area contributed by atoms with Crippen LogP contribution in [-0.4, -0.2) is 10.7 Å². The van der Waals surface area contributed by atoms with E-state index in [4.69, 9.17) is 0 Å². The molecule has 2 aliphatic carbocycles. The van der Waals surface area contributed by atoms with Crippen molar-refractivity contribution in [1.82, 2.24) is 0 Å². The van der Waals surface area contributed by atoms with Gasteiger partial charge in [0.25, 0.3) is 0 Å². The van der Waals surface area contributed by atoms with Crippen molar-refractivity contribution in [2.24, 2.45) is 23.7 Å². The summed E-state index contributed by atoms with van der Waals surface area (Å²) in [7, 11) is 0. The van der Waals surface area contributed by atoms with Crippen molar-refractivity contribution in [3.8, 4) is 0 Å². The highest BCUT2D eigenvalue weighted by atomic mass is 16.3. The van der Waals surface area contributed by atoms with Gasteiger partial charge < -0.3 is 5.11 Å². The lowest BCUT2D eigenvalue weighted by Crippen LogP contribution is -2.45. The van der Waals surface area contributed by atoms with Crippen LogP contribution in [0.2, 0.25) is 0 Å². The average molecular weight is 224 g/mol. The van der Waals surface area contributed by atoms with Crippen molar-refractivity contribution in [1.29, 1.82) is 0 Å². The molecule has 0 amide bonds. The number of aliphatic hydroxyl groups is 1. The Hall–Kier alpha value is -0.0400. The number of hydrogen-bond donors (Lipinski definition) is 1. The summed E-state index contributed by atoms with van der Waals surface area (Å²) in [4.78, 5) is 0. The second-order valence-corrected chi connectivity index (χ2v) is 6.77. The molecule has 2 fully saturated rings. The van der Waals surface area contributed by atoms with Gasteiger partial charge in [0.05, 0.1) is 5.60 Å². The molecular weight excluding hydrogens is 196 g/mol. The summed E-state index contributed by atoms with van der Waals surface area (Å²) in [5.74, 6) is 2.93. The maximum atomic E-state index is 10.9. The van der Waals surface area contributed by atoms with Gasteiger partial charge in [-0.25, -0.2) is 0 Å². The van der Waals surface area contributed by atoms with Crippen molar-refractivity contribution in [2.75, 3.05) is 0 Å². The Morgan fingerprint density at radius 2 is 1.75 bits per heavy atom. The van der Waals surface area contributed by atoms with Crippen LogP contribution in [0.4, 0.5) is 0 Å². The number of hydrogen-bond acceptors (Lipinski definition) is 1. The lowest BCUT2D eigenvalue weighted by Gasteiger charge is -2.46. The molecule has 94 valence electrons. The molecule has 2 saturated carbocycles. The first kappa shape index (κ1) is 12.4. The van der Waals surface area contributed by atoms with Crippen LogP contribution in [-0.2, 0) is 0 Å². The third-order valence-corrected chi connectivity index (χ3v) is 5.38. The zero-order valence-corrected chi connectivity index (χ0v) is 11.2. The Labute approximate surface area is 101 Å². The summed E-state index contributed by atoms with van der Waals surface area (Å²) in [5.41, 5.74) is -0.319. The summed E-state index contributed by atoms with van der Waals surface area (Å²) in [6.45, 7) is 7.01. The second kappa shape index (κ2) is 4.68. The molecule has 0 radical (unpaired) electrons. The van der Waals surface area contributed by atoms with Gasteiger partial charge in [0.2, 0.25) is 0 Å². The molecule has 2 rings (SSSR count). The highest BCUT2D eigenvalue weighted by molar-refractivity contribution is 4.94. The zero-order valence-electron chi connectivity index (χ0n) is 11.2. The lowest BCUT2D eigenvalue weighted by molar-refractivity contribution is -0.0895. The van der Waals surface area contributed by atoms with Crippen molar-refractivity contribution >= 4 is 0 Å². The Kier molecular flexibility index (Phi) is 3.63. The van der Waals surface area contributed by atoms with Crippen LogP contribution in [0.3, 0.4) is 0 Å². The quantitative estimate of drug-likeness (QED) is 0.714. The molecule has 1 nitrogen and oxygen atoms in total. The Morgan fingerprint density at radius 1 is 1.00 bits per heavy atom. The molecule has 0 aliphatic heterocycles. The fourth-order valence-corrected chi connectivity index (χ4v) is 3.92. The minimum atomic E-state index is -0.319.